The highest BCUT2D eigenvalue weighted by molar-refractivity contribution is 6.00. The molecule has 0 unspecified atom stereocenters. The average molecular weight is 379 g/mol. The molecule has 3 aromatic rings. The van der Waals surface area contributed by atoms with Crippen molar-refractivity contribution in [3.63, 3.8) is 0 Å². The van der Waals surface area contributed by atoms with Crippen LogP contribution in [-0.4, -0.2) is 32.1 Å². The van der Waals surface area contributed by atoms with Gasteiger partial charge in [0.15, 0.2) is 17.8 Å². The van der Waals surface area contributed by atoms with Gasteiger partial charge in [0.2, 0.25) is 0 Å². The molecular formula is C23H25NO4. The van der Waals surface area contributed by atoms with Crippen LogP contribution in [0.3, 0.4) is 0 Å². The maximum absolute atomic E-state index is 11.6. The molecule has 2 aromatic carbocycles. The highest BCUT2D eigenvalue weighted by atomic mass is 16.5. The SMILES string of the molecule is CCCCOc1cc2c(C=O)cnc(Cc3cccc(OC)c3)c2cc1OC. The lowest BCUT2D eigenvalue weighted by Gasteiger charge is -2.15. The van der Waals surface area contributed by atoms with Gasteiger partial charge in [0.1, 0.15) is 5.75 Å². The number of carbonyl (C=O) groups is 1. The second kappa shape index (κ2) is 9.22. The summed E-state index contributed by atoms with van der Waals surface area (Å²) in [6, 6.07) is 11.7. The Hall–Kier alpha value is -3.08. The minimum absolute atomic E-state index is 0.535. The molecule has 5 heteroatoms. The molecule has 0 aliphatic heterocycles. The molecule has 1 aromatic heterocycles. The van der Waals surface area contributed by atoms with Gasteiger partial charge in [-0.2, -0.15) is 0 Å². The number of hydrogen-bond donors (Lipinski definition) is 0. The van der Waals surface area contributed by atoms with E-state index in [4.69, 9.17) is 14.2 Å². The fourth-order valence-electron chi connectivity index (χ4n) is 3.13. The van der Waals surface area contributed by atoms with Gasteiger partial charge in [0.25, 0.3) is 0 Å². The molecule has 0 spiro atoms. The van der Waals surface area contributed by atoms with Crippen LogP contribution in [0.4, 0.5) is 0 Å². The van der Waals surface area contributed by atoms with E-state index in [0.717, 1.165) is 46.9 Å². The number of carbonyl (C=O) groups excluding carboxylic acids is 1. The molecule has 28 heavy (non-hydrogen) atoms. The summed E-state index contributed by atoms with van der Waals surface area (Å²) in [7, 11) is 3.27. The fourth-order valence-corrected chi connectivity index (χ4v) is 3.13. The van der Waals surface area contributed by atoms with Crippen LogP contribution < -0.4 is 14.2 Å². The lowest BCUT2D eigenvalue weighted by atomic mass is 10.00. The first kappa shape index (κ1) is 19.7. The highest BCUT2D eigenvalue weighted by Crippen LogP contribution is 2.35. The zero-order valence-electron chi connectivity index (χ0n) is 16.5. The van der Waals surface area contributed by atoms with E-state index in [1.165, 1.54) is 0 Å². The van der Waals surface area contributed by atoms with E-state index in [2.05, 4.69) is 11.9 Å². The van der Waals surface area contributed by atoms with Crippen molar-refractivity contribution < 1.29 is 19.0 Å². The lowest BCUT2D eigenvalue weighted by Crippen LogP contribution is -2.02. The molecule has 0 amide bonds. The molecule has 146 valence electrons. The Labute approximate surface area is 165 Å². The summed E-state index contributed by atoms with van der Waals surface area (Å²) in [6.45, 7) is 2.72. The van der Waals surface area contributed by atoms with Crippen molar-refractivity contribution in [1.29, 1.82) is 0 Å². The molecule has 0 bridgehead atoms. The molecular weight excluding hydrogens is 354 g/mol. The van der Waals surface area contributed by atoms with Crippen molar-refractivity contribution in [2.75, 3.05) is 20.8 Å². The van der Waals surface area contributed by atoms with Gasteiger partial charge >= 0.3 is 0 Å². The van der Waals surface area contributed by atoms with E-state index in [0.29, 0.717) is 30.1 Å². The Morgan fingerprint density at radius 3 is 2.57 bits per heavy atom. The summed E-state index contributed by atoms with van der Waals surface area (Å²) in [6.07, 6.45) is 5.06. The third-order valence-corrected chi connectivity index (χ3v) is 4.67. The molecule has 0 atom stereocenters. The second-order valence-corrected chi connectivity index (χ2v) is 6.56. The highest BCUT2D eigenvalue weighted by Gasteiger charge is 2.14. The van der Waals surface area contributed by atoms with Gasteiger partial charge in [-0.1, -0.05) is 25.5 Å². The Balaban J connectivity index is 2.07. The number of benzene rings is 2. The monoisotopic (exact) mass is 379 g/mol. The predicted octanol–water partition coefficient (Wildman–Crippen LogP) is 4.83. The Morgan fingerprint density at radius 2 is 1.86 bits per heavy atom. The van der Waals surface area contributed by atoms with Crippen LogP contribution in [0.1, 0.15) is 41.4 Å². The Kier molecular flexibility index (Phi) is 6.48. The van der Waals surface area contributed by atoms with E-state index in [1.807, 2.05) is 36.4 Å². The van der Waals surface area contributed by atoms with Gasteiger partial charge in [0.05, 0.1) is 26.5 Å². The van der Waals surface area contributed by atoms with Crippen LogP contribution in [0.2, 0.25) is 0 Å². The predicted molar refractivity (Wildman–Crippen MR) is 110 cm³/mol. The van der Waals surface area contributed by atoms with Crippen LogP contribution in [0, 0.1) is 0 Å². The van der Waals surface area contributed by atoms with Gasteiger partial charge in [-0.25, -0.2) is 0 Å². The van der Waals surface area contributed by atoms with Gasteiger partial charge in [-0.3, -0.25) is 9.78 Å². The Bertz CT molecular complexity index is 968. The smallest absolute Gasteiger partial charge is 0.161 e. The third-order valence-electron chi connectivity index (χ3n) is 4.67. The van der Waals surface area contributed by atoms with Crippen LogP contribution in [0.5, 0.6) is 17.2 Å². The molecule has 3 rings (SSSR count). The number of ether oxygens (including phenoxy) is 3. The third kappa shape index (κ3) is 4.25. The number of unbranched alkanes of at least 4 members (excludes halogenated alkanes) is 1. The minimum atomic E-state index is 0.535. The van der Waals surface area contributed by atoms with Gasteiger partial charge in [-0.05, 0) is 41.6 Å². The molecule has 0 saturated carbocycles. The molecule has 0 aliphatic carbocycles. The topological polar surface area (TPSA) is 57.7 Å². The summed E-state index contributed by atoms with van der Waals surface area (Å²) in [5.74, 6) is 2.08. The normalized spacial score (nSPS) is 10.7. The standard InChI is InChI=1S/C23H25NO4/c1-4-5-9-28-23-12-19-17(15-25)14-24-21(20(19)13-22(23)27-3)11-16-7-6-8-18(10-16)26-2/h6-8,10,12-15H,4-5,9,11H2,1-3H3. The fraction of sp³-hybridized carbons (Fsp3) is 0.304. The minimum Gasteiger partial charge on any atom is -0.497 e. The number of pyridine rings is 1. The number of fused-ring (bicyclic) bond motifs is 1. The van der Waals surface area contributed by atoms with Crippen molar-refractivity contribution in [2.45, 2.75) is 26.2 Å². The van der Waals surface area contributed by atoms with Crippen molar-refractivity contribution in [3.8, 4) is 17.2 Å². The molecule has 0 aliphatic rings. The number of rotatable bonds is 9. The van der Waals surface area contributed by atoms with Gasteiger partial charge in [0, 0.05) is 23.6 Å². The molecule has 5 nitrogen and oxygen atoms in total. The Morgan fingerprint density at radius 1 is 1.04 bits per heavy atom. The van der Waals surface area contributed by atoms with Crippen LogP contribution in [0.25, 0.3) is 10.8 Å². The number of aromatic nitrogens is 1. The number of aldehydes is 1. The largest absolute Gasteiger partial charge is 0.497 e. The zero-order chi connectivity index (χ0) is 19.9. The summed E-state index contributed by atoms with van der Waals surface area (Å²) < 4.78 is 16.7. The van der Waals surface area contributed by atoms with Crippen LogP contribution in [-0.2, 0) is 6.42 Å². The maximum atomic E-state index is 11.6. The van der Waals surface area contributed by atoms with E-state index in [9.17, 15) is 4.79 Å². The average Bonchev–Trinajstić information content (AvgIpc) is 2.73. The lowest BCUT2D eigenvalue weighted by molar-refractivity contribution is 0.112. The molecule has 0 fully saturated rings. The number of nitrogens with zero attached hydrogens (tertiary/aromatic N) is 1. The first-order chi connectivity index (χ1) is 13.7. The quantitative estimate of drug-likeness (QED) is 0.393. The van der Waals surface area contributed by atoms with Crippen molar-refractivity contribution in [1.82, 2.24) is 4.98 Å². The number of methoxy groups -OCH3 is 2. The zero-order valence-corrected chi connectivity index (χ0v) is 16.5. The van der Waals surface area contributed by atoms with Crippen molar-refractivity contribution in [3.05, 3.63) is 59.4 Å². The first-order valence-electron chi connectivity index (χ1n) is 9.40. The van der Waals surface area contributed by atoms with E-state index >= 15 is 0 Å². The van der Waals surface area contributed by atoms with Crippen LogP contribution >= 0.6 is 0 Å². The summed E-state index contributed by atoms with van der Waals surface area (Å²) in [5, 5.41) is 1.70. The van der Waals surface area contributed by atoms with E-state index < -0.39 is 0 Å². The first-order valence-corrected chi connectivity index (χ1v) is 9.40. The summed E-state index contributed by atoms with van der Waals surface area (Å²) in [5.41, 5.74) is 2.48. The summed E-state index contributed by atoms with van der Waals surface area (Å²) in [4.78, 5) is 16.1. The van der Waals surface area contributed by atoms with Gasteiger partial charge < -0.3 is 14.2 Å². The van der Waals surface area contributed by atoms with E-state index in [1.54, 1.807) is 20.4 Å². The molecule has 1 heterocycles. The van der Waals surface area contributed by atoms with Crippen LogP contribution in [0.15, 0.2) is 42.6 Å². The van der Waals surface area contributed by atoms with E-state index in [-0.39, 0.29) is 0 Å². The molecule has 0 N–H and O–H groups in total. The van der Waals surface area contributed by atoms with Crippen molar-refractivity contribution in [2.24, 2.45) is 0 Å². The number of hydrogen-bond acceptors (Lipinski definition) is 5. The maximum Gasteiger partial charge on any atom is 0.161 e. The van der Waals surface area contributed by atoms with Crippen molar-refractivity contribution >= 4 is 17.1 Å². The molecule has 0 radical (unpaired) electrons. The van der Waals surface area contributed by atoms with Gasteiger partial charge in [-0.15, -0.1) is 0 Å². The second-order valence-electron chi connectivity index (χ2n) is 6.56. The molecule has 0 saturated heterocycles. The summed E-state index contributed by atoms with van der Waals surface area (Å²) >= 11 is 0.